The van der Waals surface area contributed by atoms with Crippen LogP contribution >= 0.6 is 0 Å². The highest BCUT2D eigenvalue weighted by Crippen LogP contribution is 2.66. The normalized spacial score (nSPS) is 37.8. The van der Waals surface area contributed by atoms with Gasteiger partial charge in [-0.1, -0.05) is 85.0 Å². The number of carbonyl (C=O) groups excluding carboxylic acids is 2. The summed E-state index contributed by atoms with van der Waals surface area (Å²) < 4.78 is 6.22. The zero-order valence-corrected chi connectivity index (χ0v) is 24.0. The minimum atomic E-state index is 0.0568. The van der Waals surface area contributed by atoms with Crippen LogP contribution in [0.1, 0.15) is 156 Å². The second kappa shape index (κ2) is 12.8. The molecule has 0 N–H and O–H groups in total. The van der Waals surface area contributed by atoms with Gasteiger partial charge in [-0.2, -0.15) is 0 Å². The van der Waals surface area contributed by atoms with Crippen LogP contribution in [0.25, 0.3) is 0 Å². The number of rotatable bonds is 13. The van der Waals surface area contributed by atoms with E-state index in [1.165, 1.54) is 96.3 Å². The van der Waals surface area contributed by atoms with Crippen LogP contribution in [0, 0.1) is 34.5 Å². The maximum absolute atomic E-state index is 12.8. The van der Waals surface area contributed by atoms with Gasteiger partial charge < -0.3 is 4.74 Å². The van der Waals surface area contributed by atoms with E-state index in [-0.39, 0.29) is 17.5 Å². The Balaban J connectivity index is 1.16. The van der Waals surface area contributed by atoms with Crippen LogP contribution in [0.15, 0.2) is 0 Å². The fraction of sp³-hybridized carbons (Fsp3) is 0.939. The maximum atomic E-state index is 12.8. The van der Waals surface area contributed by atoms with Crippen LogP contribution in [-0.2, 0) is 14.3 Å². The Morgan fingerprint density at radius 3 is 2.11 bits per heavy atom. The zero-order chi connectivity index (χ0) is 25.6. The van der Waals surface area contributed by atoms with Gasteiger partial charge in [-0.25, -0.2) is 0 Å². The molecule has 3 nitrogen and oxygen atoms in total. The topological polar surface area (TPSA) is 43.4 Å². The van der Waals surface area contributed by atoms with Gasteiger partial charge in [0.05, 0.1) is 0 Å². The Morgan fingerprint density at radius 1 is 0.778 bits per heavy atom. The van der Waals surface area contributed by atoms with E-state index in [4.69, 9.17) is 4.74 Å². The van der Waals surface area contributed by atoms with Gasteiger partial charge >= 0.3 is 5.97 Å². The van der Waals surface area contributed by atoms with E-state index in [0.717, 1.165) is 43.9 Å². The standard InChI is InChI=1S/C33H56O3/c1-4-5-6-7-8-9-10-11-12-13-14-15-31(35)36-30-19-18-28-27-17-16-25-24-26(34)20-22-32(25,2)29(27)21-23-33(28,30)3/h25,27-30H,4-24H2,1-3H3/t25?,27-,28-,29-,30-,32-,33-/m0/s1. The molecule has 4 saturated carbocycles. The fourth-order valence-electron chi connectivity index (χ4n) is 9.34. The van der Waals surface area contributed by atoms with Crippen LogP contribution < -0.4 is 0 Å². The Bertz CT molecular complexity index is 730. The van der Waals surface area contributed by atoms with E-state index >= 15 is 0 Å². The second-order valence-corrected chi connectivity index (χ2v) is 13.8. The van der Waals surface area contributed by atoms with Crippen LogP contribution in [0.3, 0.4) is 0 Å². The summed E-state index contributed by atoms with van der Waals surface area (Å²) in [6.45, 7) is 7.24. The molecule has 0 saturated heterocycles. The van der Waals surface area contributed by atoms with E-state index in [2.05, 4.69) is 20.8 Å². The first-order valence-corrected chi connectivity index (χ1v) is 16.1. The summed E-state index contributed by atoms with van der Waals surface area (Å²) in [4.78, 5) is 24.9. The van der Waals surface area contributed by atoms with E-state index < -0.39 is 0 Å². The summed E-state index contributed by atoms with van der Waals surface area (Å²) in [5, 5.41) is 0. The predicted octanol–water partition coefficient (Wildman–Crippen LogP) is 9.21. The highest BCUT2D eigenvalue weighted by Gasteiger charge is 2.61. The number of ether oxygens (including phenoxy) is 1. The lowest BCUT2D eigenvalue weighted by Crippen LogP contribution is -2.54. The van der Waals surface area contributed by atoms with Gasteiger partial charge in [-0.3, -0.25) is 9.59 Å². The summed E-state index contributed by atoms with van der Waals surface area (Å²) in [6, 6.07) is 0. The lowest BCUT2D eigenvalue weighted by Gasteiger charge is -2.60. The number of hydrogen-bond acceptors (Lipinski definition) is 3. The molecule has 0 radical (unpaired) electrons. The van der Waals surface area contributed by atoms with Crippen molar-refractivity contribution in [1.29, 1.82) is 0 Å². The largest absolute Gasteiger partial charge is 0.462 e. The lowest BCUT2D eigenvalue weighted by atomic mass is 9.45. The molecule has 0 amide bonds. The van der Waals surface area contributed by atoms with E-state index in [1.54, 1.807) is 0 Å². The molecule has 0 aromatic heterocycles. The highest BCUT2D eigenvalue weighted by molar-refractivity contribution is 5.79. The van der Waals surface area contributed by atoms with Crippen molar-refractivity contribution < 1.29 is 14.3 Å². The van der Waals surface area contributed by atoms with Crippen molar-refractivity contribution in [3.8, 4) is 0 Å². The molecule has 206 valence electrons. The molecule has 4 aliphatic rings. The summed E-state index contributed by atoms with van der Waals surface area (Å²) in [6.07, 6.45) is 25.2. The Kier molecular flexibility index (Phi) is 10.0. The quantitative estimate of drug-likeness (QED) is 0.187. The first-order chi connectivity index (χ1) is 17.4. The molecular weight excluding hydrogens is 444 g/mol. The molecule has 0 bridgehead atoms. The summed E-state index contributed by atoms with van der Waals surface area (Å²) in [5.41, 5.74) is 0.531. The smallest absolute Gasteiger partial charge is 0.306 e. The van der Waals surface area contributed by atoms with Crippen molar-refractivity contribution >= 4 is 11.8 Å². The van der Waals surface area contributed by atoms with Crippen LogP contribution in [0.4, 0.5) is 0 Å². The molecule has 4 rings (SSSR count). The van der Waals surface area contributed by atoms with Crippen molar-refractivity contribution in [3.63, 3.8) is 0 Å². The first kappa shape index (κ1) is 28.2. The minimum absolute atomic E-state index is 0.0568. The molecule has 0 aromatic rings. The molecule has 7 atom stereocenters. The third-order valence-electron chi connectivity index (χ3n) is 11.7. The average molecular weight is 501 g/mol. The fourth-order valence-corrected chi connectivity index (χ4v) is 9.34. The van der Waals surface area contributed by atoms with E-state index in [1.807, 2.05) is 0 Å². The molecule has 0 spiro atoms. The van der Waals surface area contributed by atoms with E-state index in [0.29, 0.717) is 29.5 Å². The van der Waals surface area contributed by atoms with Crippen LogP contribution in [0.5, 0.6) is 0 Å². The molecule has 0 heterocycles. The van der Waals surface area contributed by atoms with Gasteiger partial charge in [0.2, 0.25) is 0 Å². The average Bonchev–Trinajstić information content (AvgIpc) is 3.19. The number of carbonyl (C=O) groups is 2. The van der Waals surface area contributed by atoms with Gasteiger partial charge in [0.1, 0.15) is 11.9 Å². The first-order valence-electron chi connectivity index (χ1n) is 16.1. The molecule has 0 aliphatic heterocycles. The number of hydrogen-bond donors (Lipinski definition) is 0. The monoisotopic (exact) mass is 500 g/mol. The van der Waals surface area contributed by atoms with Crippen molar-refractivity contribution in [1.82, 2.24) is 0 Å². The molecule has 0 aromatic carbocycles. The number of esters is 1. The van der Waals surface area contributed by atoms with Crippen molar-refractivity contribution in [3.05, 3.63) is 0 Å². The Morgan fingerprint density at radius 2 is 1.42 bits per heavy atom. The zero-order valence-electron chi connectivity index (χ0n) is 24.0. The predicted molar refractivity (Wildman–Crippen MR) is 148 cm³/mol. The van der Waals surface area contributed by atoms with Crippen molar-refractivity contribution in [2.75, 3.05) is 0 Å². The highest BCUT2D eigenvalue weighted by atomic mass is 16.5. The van der Waals surface area contributed by atoms with Gasteiger partial charge in [0.15, 0.2) is 0 Å². The molecule has 4 fully saturated rings. The van der Waals surface area contributed by atoms with Crippen molar-refractivity contribution in [2.45, 2.75) is 162 Å². The third-order valence-corrected chi connectivity index (χ3v) is 11.7. The van der Waals surface area contributed by atoms with Crippen LogP contribution in [0.2, 0.25) is 0 Å². The van der Waals surface area contributed by atoms with Crippen LogP contribution in [-0.4, -0.2) is 17.9 Å². The SMILES string of the molecule is CCCCCCCCCCCCCC(=O)O[C@H]1CC[C@H]2[C@@H]3CCC4CC(=O)CC[C@]4(C)[C@H]3CC[C@]12C. The Labute approximate surface area is 222 Å². The number of fused-ring (bicyclic) bond motifs is 5. The van der Waals surface area contributed by atoms with Crippen molar-refractivity contribution in [2.24, 2.45) is 34.5 Å². The number of Topliss-reactive ketones (excluding diaryl/α,β-unsaturated/α-hetero) is 1. The minimum Gasteiger partial charge on any atom is -0.462 e. The van der Waals surface area contributed by atoms with Gasteiger partial charge in [0, 0.05) is 24.7 Å². The molecule has 3 heteroatoms. The second-order valence-electron chi connectivity index (χ2n) is 13.8. The van der Waals surface area contributed by atoms with Gasteiger partial charge in [-0.15, -0.1) is 0 Å². The van der Waals surface area contributed by atoms with E-state index in [9.17, 15) is 9.59 Å². The Hall–Kier alpha value is -0.860. The summed E-state index contributed by atoms with van der Waals surface area (Å²) in [7, 11) is 0. The van der Waals surface area contributed by atoms with Gasteiger partial charge in [-0.05, 0) is 80.5 Å². The third kappa shape index (κ3) is 6.23. The maximum Gasteiger partial charge on any atom is 0.306 e. The summed E-state index contributed by atoms with van der Waals surface area (Å²) >= 11 is 0. The molecule has 4 aliphatic carbocycles. The molecular formula is C33H56O3. The van der Waals surface area contributed by atoms with Gasteiger partial charge in [0.25, 0.3) is 0 Å². The summed E-state index contributed by atoms with van der Waals surface area (Å²) in [5.74, 6) is 3.42. The number of unbranched alkanes of at least 4 members (excludes halogenated alkanes) is 10. The molecule has 36 heavy (non-hydrogen) atoms. The molecule has 1 unspecified atom stereocenters. The lowest BCUT2D eigenvalue weighted by molar-refractivity contribution is -0.164. The number of ketones is 1.